The summed E-state index contributed by atoms with van der Waals surface area (Å²) in [6.45, 7) is 2.96. The van der Waals surface area contributed by atoms with Crippen LogP contribution in [0.2, 0.25) is 0 Å². The summed E-state index contributed by atoms with van der Waals surface area (Å²) >= 11 is 0. The van der Waals surface area contributed by atoms with Crippen molar-refractivity contribution in [2.75, 3.05) is 6.61 Å². The second-order valence-electron chi connectivity index (χ2n) is 7.33. The van der Waals surface area contributed by atoms with E-state index in [-0.39, 0.29) is 17.7 Å². The number of urea groups is 1. The number of ether oxygens (including phenoxy) is 1. The second kappa shape index (κ2) is 6.55. The predicted octanol–water partition coefficient (Wildman–Crippen LogP) is 3.36. The van der Waals surface area contributed by atoms with E-state index in [4.69, 9.17) is 4.74 Å². The van der Waals surface area contributed by atoms with Crippen molar-refractivity contribution >= 4 is 6.03 Å². The fraction of sp³-hybridized carbons (Fsp3) is 0.941. The Kier molecular flexibility index (Phi) is 4.72. The van der Waals surface area contributed by atoms with Crippen LogP contribution < -0.4 is 10.6 Å². The molecule has 2 aliphatic carbocycles. The molecule has 2 N–H and O–H groups in total. The van der Waals surface area contributed by atoms with Gasteiger partial charge in [0.15, 0.2) is 0 Å². The van der Waals surface area contributed by atoms with Crippen molar-refractivity contribution in [2.24, 2.45) is 5.92 Å². The first-order valence-electron chi connectivity index (χ1n) is 8.90. The Morgan fingerprint density at radius 1 is 1.29 bits per heavy atom. The van der Waals surface area contributed by atoms with Gasteiger partial charge in [-0.1, -0.05) is 32.6 Å². The molecule has 2 saturated carbocycles. The molecule has 0 radical (unpaired) electrons. The smallest absolute Gasteiger partial charge is 0.315 e. The fourth-order valence-corrected chi connectivity index (χ4v) is 4.01. The first-order valence-corrected chi connectivity index (χ1v) is 8.90. The second-order valence-corrected chi connectivity index (χ2v) is 7.33. The van der Waals surface area contributed by atoms with E-state index in [2.05, 4.69) is 17.6 Å². The molecule has 1 spiro atoms. The Labute approximate surface area is 128 Å². The standard InChI is InChI=1S/C17H30N2O2/c1-2-14(11-13-5-6-13)18-16(20)19-15-7-10-21-17(12-15)8-3-4-9-17/h13-15H,2-12H2,1H3,(H2,18,19,20). The summed E-state index contributed by atoms with van der Waals surface area (Å²) in [7, 11) is 0. The lowest BCUT2D eigenvalue weighted by molar-refractivity contribution is -0.0820. The van der Waals surface area contributed by atoms with Crippen molar-refractivity contribution in [3.8, 4) is 0 Å². The first-order chi connectivity index (χ1) is 10.2. The largest absolute Gasteiger partial charge is 0.375 e. The molecule has 4 heteroatoms. The Morgan fingerprint density at radius 3 is 2.71 bits per heavy atom. The van der Waals surface area contributed by atoms with Crippen LogP contribution in [0.25, 0.3) is 0 Å². The Balaban J connectivity index is 1.45. The summed E-state index contributed by atoms with van der Waals surface area (Å²) in [5.41, 5.74) is 0.0777. The van der Waals surface area contributed by atoms with Gasteiger partial charge in [-0.15, -0.1) is 0 Å². The van der Waals surface area contributed by atoms with Crippen LogP contribution in [0.4, 0.5) is 4.79 Å². The lowest BCUT2D eigenvalue weighted by Gasteiger charge is -2.38. The quantitative estimate of drug-likeness (QED) is 0.817. The van der Waals surface area contributed by atoms with E-state index in [0.717, 1.165) is 38.2 Å². The van der Waals surface area contributed by atoms with Crippen molar-refractivity contribution in [3.05, 3.63) is 0 Å². The minimum atomic E-state index is 0.0301. The molecule has 3 aliphatic rings. The zero-order valence-electron chi connectivity index (χ0n) is 13.3. The highest BCUT2D eigenvalue weighted by atomic mass is 16.5. The van der Waals surface area contributed by atoms with Gasteiger partial charge >= 0.3 is 6.03 Å². The first kappa shape index (κ1) is 15.1. The number of amides is 2. The topological polar surface area (TPSA) is 50.4 Å². The van der Waals surface area contributed by atoms with Crippen molar-refractivity contribution in [2.45, 2.75) is 88.8 Å². The van der Waals surface area contributed by atoms with Crippen molar-refractivity contribution in [1.82, 2.24) is 10.6 Å². The van der Waals surface area contributed by atoms with Crippen LogP contribution in [0.15, 0.2) is 0 Å². The highest BCUT2D eigenvalue weighted by molar-refractivity contribution is 5.74. The van der Waals surface area contributed by atoms with E-state index < -0.39 is 0 Å². The van der Waals surface area contributed by atoms with Crippen molar-refractivity contribution < 1.29 is 9.53 Å². The van der Waals surface area contributed by atoms with Gasteiger partial charge in [0.25, 0.3) is 0 Å². The number of nitrogens with one attached hydrogen (secondary N) is 2. The molecule has 1 saturated heterocycles. The maximum absolute atomic E-state index is 12.2. The molecule has 3 fully saturated rings. The van der Waals surface area contributed by atoms with Gasteiger partial charge in [-0.25, -0.2) is 4.79 Å². The molecular weight excluding hydrogens is 264 g/mol. The molecule has 4 nitrogen and oxygen atoms in total. The Morgan fingerprint density at radius 2 is 2.05 bits per heavy atom. The molecule has 2 unspecified atom stereocenters. The summed E-state index contributed by atoms with van der Waals surface area (Å²) in [5.74, 6) is 0.861. The van der Waals surface area contributed by atoms with Crippen LogP contribution in [-0.4, -0.2) is 30.3 Å². The van der Waals surface area contributed by atoms with Crippen LogP contribution in [0, 0.1) is 5.92 Å². The minimum Gasteiger partial charge on any atom is -0.375 e. The lowest BCUT2D eigenvalue weighted by Crippen LogP contribution is -2.51. The molecule has 0 aromatic carbocycles. The van der Waals surface area contributed by atoms with Gasteiger partial charge < -0.3 is 15.4 Å². The van der Waals surface area contributed by atoms with Crippen molar-refractivity contribution in [1.29, 1.82) is 0 Å². The van der Waals surface area contributed by atoms with Crippen LogP contribution in [0.1, 0.15) is 71.1 Å². The van der Waals surface area contributed by atoms with E-state index in [1.165, 1.54) is 38.5 Å². The third-order valence-corrected chi connectivity index (χ3v) is 5.49. The van der Waals surface area contributed by atoms with Gasteiger partial charge in [-0.2, -0.15) is 0 Å². The van der Waals surface area contributed by atoms with Gasteiger partial charge in [0.2, 0.25) is 0 Å². The molecule has 1 aliphatic heterocycles. The molecule has 21 heavy (non-hydrogen) atoms. The summed E-state index contributed by atoms with van der Waals surface area (Å²) in [6.07, 6.45) is 11.7. The number of carbonyl (C=O) groups is 1. The third-order valence-electron chi connectivity index (χ3n) is 5.49. The van der Waals surface area contributed by atoms with Gasteiger partial charge in [0, 0.05) is 18.7 Å². The highest BCUT2D eigenvalue weighted by Crippen LogP contribution is 2.40. The Hall–Kier alpha value is -0.770. The fourth-order valence-electron chi connectivity index (χ4n) is 4.01. The van der Waals surface area contributed by atoms with E-state index in [1.54, 1.807) is 0 Å². The predicted molar refractivity (Wildman–Crippen MR) is 83.3 cm³/mol. The third kappa shape index (κ3) is 4.12. The van der Waals surface area contributed by atoms with Crippen LogP contribution in [0.5, 0.6) is 0 Å². The summed E-state index contributed by atoms with van der Waals surface area (Å²) in [5, 5.41) is 6.37. The van der Waals surface area contributed by atoms with Crippen molar-refractivity contribution in [3.63, 3.8) is 0 Å². The van der Waals surface area contributed by atoms with Crippen LogP contribution in [-0.2, 0) is 4.74 Å². The molecule has 1 heterocycles. The van der Waals surface area contributed by atoms with E-state index in [0.29, 0.717) is 6.04 Å². The molecular formula is C17H30N2O2. The summed E-state index contributed by atoms with van der Waals surface area (Å²) in [4.78, 5) is 12.2. The SMILES string of the molecule is CCC(CC1CC1)NC(=O)NC1CCOC2(CCCC2)C1. The lowest BCUT2D eigenvalue weighted by atomic mass is 9.89. The number of hydrogen-bond donors (Lipinski definition) is 2. The maximum Gasteiger partial charge on any atom is 0.315 e. The average molecular weight is 294 g/mol. The Bertz CT molecular complexity index is 362. The van der Waals surface area contributed by atoms with Gasteiger partial charge in [-0.3, -0.25) is 0 Å². The van der Waals surface area contributed by atoms with E-state index >= 15 is 0 Å². The van der Waals surface area contributed by atoms with E-state index in [1.807, 2.05) is 0 Å². The van der Waals surface area contributed by atoms with Gasteiger partial charge in [0.05, 0.1) is 5.60 Å². The minimum absolute atomic E-state index is 0.0301. The molecule has 0 aromatic rings. The number of hydrogen-bond acceptors (Lipinski definition) is 2. The summed E-state index contributed by atoms with van der Waals surface area (Å²) in [6, 6.07) is 0.663. The number of rotatable bonds is 5. The summed E-state index contributed by atoms with van der Waals surface area (Å²) < 4.78 is 6.03. The molecule has 2 atom stereocenters. The molecule has 2 amide bonds. The van der Waals surface area contributed by atoms with Gasteiger partial charge in [0.1, 0.15) is 0 Å². The number of carbonyl (C=O) groups excluding carboxylic acids is 1. The molecule has 120 valence electrons. The van der Waals surface area contributed by atoms with Gasteiger partial charge in [-0.05, 0) is 44.4 Å². The highest BCUT2D eigenvalue weighted by Gasteiger charge is 2.40. The zero-order chi connectivity index (χ0) is 14.7. The molecule has 3 rings (SSSR count). The zero-order valence-corrected chi connectivity index (χ0v) is 13.3. The van der Waals surface area contributed by atoms with E-state index in [9.17, 15) is 4.79 Å². The van der Waals surface area contributed by atoms with Crippen LogP contribution >= 0.6 is 0 Å². The normalized spacial score (nSPS) is 29.3. The molecule has 0 aromatic heterocycles. The average Bonchev–Trinajstić information content (AvgIpc) is 3.18. The molecule has 0 bridgehead atoms. The maximum atomic E-state index is 12.2. The van der Waals surface area contributed by atoms with Crippen LogP contribution in [0.3, 0.4) is 0 Å². The monoisotopic (exact) mass is 294 g/mol.